The number of hydrogen-bond acceptors (Lipinski definition) is 3. The second-order valence-electron chi connectivity index (χ2n) is 8.08. The number of aliphatic carboxylic acids is 1. The number of halogens is 3. The fourth-order valence-corrected chi connectivity index (χ4v) is 5.28. The van der Waals surface area contributed by atoms with E-state index in [2.05, 4.69) is 0 Å². The Morgan fingerprint density at radius 1 is 1.00 bits per heavy atom. The molecule has 0 aromatic heterocycles. The number of nitrogens with zero attached hydrogens (tertiary/aromatic N) is 2. The second kappa shape index (κ2) is 6.97. The summed E-state index contributed by atoms with van der Waals surface area (Å²) in [7, 11) is 0. The third kappa shape index (κ3) is 3.33. The van der Waals surface area contributed by atoms with E-state index in [0.717, 1.165) is 31.4 Å². The molecule has 0 radical (unpaired) electrons. The topological polar surface area (TPSA) is 60.9 Å². The summed E-state index contributed by atoms with van der Waals surface area (Å²) in [5, 5.41) is 9.56. The normalized spacial score (nSPS) is 30.0. The lowest BCUT2D eigenvalue weighted by atomic mass is 9.78. The van der Waals surface area contributed by atoms with Gasteiger partial charge in [-0.25, -0.2) is 0 Å². The van der Waals surface area contributed by atoms with Crippen molar-refractivity contribution in [3.05, 3.63) is 29.8 Å². The number of benzene rings is 1. The van der Waals surface area contributed by atoms with Crippen LogP contribution in [0.15, 0.2) is 24.3 Å². The SMILES string of the molecule is O=C(O)[C@@H]1[C@H]2CC[C@@H](C2)[C@@H]1C(=O)N1CCN(c2cccc(C(F)(F)F)c2)CC1. The van der Waals surface area contributed by atoms with Gasteiger partial charge < -0.3 is 14.9 Å². The third-order valence-corrected chi connectivity index (χ3v) is 6.62. The lowest BCUT2D eigenvalue weighted by Gasteiger charge is -2.39. The Balaban J connectivity index is 1.42. The second-order valence-corrected chi connectivity index (χ2v) is 8.08. The van der Waals surface area contributed by atoms with Gasteiger partial charge in [-0.15, -0.1) is 0 Å². The molecule has 1 amide bonds. The zero-order chi connectivity index (χ0) is 20.1. The van der Waals surface area contributed by atoms with Crippen molar-refractivity contribution < 1.29 is 27.9 Å². The Hall–Kier alpha value is -2.25. The van der Waals surface area contributed by atoms with E-state index in [1.54, 1.807) is 11.0 Å². The van der Waals surface area contributed by atoms with Crippen LogP contribution < -0.4 is 4.90 Å². The quantitative estimate of drug-likeness (QED) is 0.853. The molecule has 3 aliphatic rings. The Bertz CT molecular complexity index is 774. The summed E-state index contributed by atoms with van der Waals surface area (Å²) in [6.07, 6.45) is -1.78. The lowest BCUT2D eigenvalue weighted by Crippen LogP contribution is -2.52. The summed E-state index contributed by atoms with van der Waals surface area (Å²) in [6.45, 7) is 1.67. The summed E-state index contributed by atoms with van der Waals surface area (Å²) < 4.78 is 38.8. The Kier molecular flexibility index (Phi) is 4.75. The van der Waals surface area contributed by atoms with Crippen LogP contribution in [-0.2, 0) is 15.8 Å². The van der Waals surface area contributed by atoms with E-state index >= 15 is 0 Å². The number of carbonyl (C=O) groups excluding carboxylic acids is 1. The van der Waals surface area contributed by atoms with E-state index in [-0.39, 0.29) is 17.7 Å². The van der Waals surface area contributed by atoms with Crippen molar-refractivity contribution in [1.29, 1.82) is 0 Å². The van der Waals surface area contributed by atoms with Crippen molar-refractivity contribution in [2.24, 2.45) is 23.7 Å². The van der Waals surface area contributed by atoms with Crippen LogP contribution >= 0.6 is 0 Å². The van der Waals surface area contributed by atoms with Crippen molar-refractivity contribution >= 4 is 17.6 Å². The van der Waals surface area contributed by atoms with Crippen molar-refractivity contribution in [2.45, 2.75) is 25.4 Å². The number of carboxylic acid groups (broad SMARTS) is 1. The van der Waals surface area contributed by atoms with Crippen LogP contribution in [0.1, 0.15) is 24.8 Å². The molecule has 1 aromatic rings. The molecule has 1 N–H and O–H groups in total. The molecular formula is C20H23F3N2O3. The third-order valence-electron chi connectivity index (χ3n) is 6.62. The van der Waals surface area contributed by atoms with E-state index < -0.39 is 29.5 Å². The van der Waals surface area contributed by atoms with Crippen molar-refractivity contribution in [2.75, 3.05) is 31.1 Å². The van der Waals surface area contributed by atoms with Gasteiger partial charge in [-0.3, -0.25) is 9.59 Å². The molecule has 4 atom stereocenters. The monoisotopic (exact) mass is 396 g/mol. The van der Waals surface area contributed by atoms with Gasteiger partial charge in [0.1, 0.15) is 0 Å². The average molecular weight is 396 g/mol. The number of fused-ring (bicyclic) bond motifs is 2. The first-order valence-electron chi connectivity index (χ1n) is 9.69. The number of hydrogen-bond donors (Lipinski definition) is 1. The molecule has 1 saturated heterocycles. The minimum atomic E-state index is -4.39. The summed E-state index contributed by atoms with van der Waals surface area (Å²) in [5.74, 6) is -1.76. The van der Waals surface area contributed by atoms with Gasteiger partial charge in [0, 0.05) is 31.9 Å². The van der Waals surface area contributed by atoms with Gasteiger partial charge in [0.2, 0.25) is 5.91 Å². The molecule has 0 unspecified atom stereocenters. The van der Waals surface area contributed by atoms with Crippen molar-refractivity contribution in [3.8, 4) is 0 Å². The van der Waals surface area contributed by atoms with Crippen LogP contribution in [0, 0.1) is 23.7 Å². The molecule has 5 nitrogen and oxygen atoms in total. The van der Waals surface area contributed by atoms with Crippen molar-refractivity contribution in [1.82, 2.24) is 4.90 Å². The molecule has 28 heavy (non-hydrogen) atoms. The van der Waals surface area contributed by atoms with Crippen LogP contribution in [0.2, 0.25) is 0 Å². The van der Waals surface area contributed by atoms with Gasteiger partial charge in [0.05, 0.1) is 17.4 Å². The van der Waals surface area contributed by atoms with Crippen LogP contribution in [0.25, 0.3) is 0 Å². The fourth-order valence-electron chi connectivity index (χ4n) is 5.28. The largest absolute Gasteiger partial charge is 0.481 e. The number of carbonyl (C=O) groups is 2. The van der Waals surface area contributed by atoms with E-state index in [1.165, 1.54) is 6.07 Å². The van der Waals surface area contributed by atoms with Gasteiger partial charge >= 0.3 is 12.1 Å². The molecule has 8 heteroatoms. The van der Waals surface area contributed by atoms with Gasteiger partial charge in [0.15, 0.2) is 0 Å². The standard InChI is InChI=1S/C20H23F3N2O3/c21-20(22,23)14-2-1-3-15(11-14)24-6-8-25(9-7-24)18(26)16-12-4-5-13(10-12)17(16)19(27)28/h1-3,11-13,16-17H,4-10H2,(H,27,28)/t12-,13-,16-,17+/m0/s1. The number of piperazine rings is 1. The first kappa shape index (κ1) is 19.1. The molecule has 2 bridgehead atoms. The molecule has 1 aliphatic heterocycles. The first-order chi connectivity index (χ1) is 13.3. The number of rotatable bonds is 3. The molecular weight excluding hydrogens is 373 g/mol. The Morgan fingerprint density at radius 2 is 1.64 bits per heavy atom. The molecule has 2 saturated carbocycles. The Labute approximate surface area is 161 Å². The highest BCUT2D eigenvalue weighted by Gasteiger charge is 2.54. The van der Waals surface area contributed by atoms with Crippen LogP contribution in [-0.4, -0.2) is 48.1 Å². The highest BCUT2D eigenvalue weighted by Crippen LogP contribution is 2.53. The van der Waals surface area contributed by atoms with Gasteiger partial charge in [-0.1, -0.05) is 6.07 Å². The summed E-state index contributed by atoms with van der Waals surface area (Å²) in [6, 6.07) is 5.21. The minimum absolute atomic E-state index is 0.0942. The molecule has 152 valence electrons. The van der Waals surface area contributed by atoms with Gasteiger partial charge in [-0.2, -0.15) is 13.2 Å². The van der Waals surface area contributed by atoms with E-state index in [9.17, 15) is 27.9 Å². The fraction of sp³-hybridized carbons (Fsp3) is 0.600. The number of amides is 1. The lowest BCUT2D eigenvalue weighted by molar-refractivity contribution is -0.153. The molecule has 1 heterocycles. The van der Waals surface area contributed by atoms with E-state index in [0.29, 0.717) is 31.9 Å². The molecule has 2 aliphatic carbocycles. The predicted octanol–water partition coefficient (Wildman–Crippen LogP) is 3.10. The number of anilines is 1. The predicted molar refractivity (Wildman–Crippen MR) is 95.7 cm³/mol. The van der Waals surface area contributed by atoms with Crippen LogP contribution in [0.4, 0.5) is 18.9 Å². The minimum Gasteiger partial charge on any atom is -0.481 e. The number of carboxylic acids is 1. The highest BCUT2D eigenvalue weighted by molar-refractivity contribution is 5.86. The van der Waals surface area contributed by atoms with Crippen molar-refractivity contribution in [3.63, 3.8) is 0 Å². The molecule has 3 fully saturated rings. The molecule has 0 spiro atoms. The van der Waals surface area contributed by atoms with E-state index in [1.807, 2.05) is 4.90 Å². The first-order valence-corrected chi connectivity index (χ1v) is 9.69. The zero-order valence-electron chi connectivity index (χ0n) is 15.4. The summed E-state index contributed by atoms with van der Waals surface area (Å²) in [5.41, 5.74) is -0.194. The maximum atomic E-state index is 13.0. The molecule has 4 rings (SSSR count). The van der Waals surface area contributed by atoms with Crippen LogP contribution in [0.3, 0.4) is 0 Å². The zero-order valence-corrected chi connectivity index (χ0v) is 15.4. The summed E-state index contributed by atoms with van der Waals surface area (Å²) >= 11 is 0. The maximum absolute atomic E-state index is 13.0. The van der Waals surface area contributed by atoms with Crippen LogP contribution in [0.5, 0.6) is 0 Å². The number of alkyl halides is 3. The van der Waals surface area contributed by atoms with Gasteiger partial charge in [-0.05, 0) is 49.3 Å². The van der Waals surface area contributed by atoms with E-state index in [4.69, 9.17) is 0 Å². The average Bonchev–Trinajstić information content (AvgIpc) is 3.28. The Morgan fingerprint density at radius 3 is 2.25 bits per heavy atom. The van der Waals surface area contributed by atoms with Gasteiger partial charge in [0.25, 0.3) is 0 Å². The maximum Gasteiger partial charge on any atom is 0.416 e. The highest BCUT2D eigenvalue weighted by atomic mass is 19.4. The molecule has 1 aromatic carbocycles. The summed E-state index contributed by atoms with van der Waals surface area (Å²) in [4.78, 5) is 28.2. The smallest absolute Gasteiger partial charge is 0.416 e.